The second-order valence-electron chi connectivity index (χ2n) is 3.35. The molecule has 0 aliphatic carbocycles. The van der Waals surface area contributed by atoms with Crippen molar-refractivity contribution in [3.8, 4) is 0 Å². The Morgan fingerprint density at radius 2 is 2.24 bits per heavy atom. The SMILES string of the molecule is O=C(O)CO/N=C/c1cncc2ccccc12. The Labute approximate surface area is 97.3 Å². The normalized spacial score (nSPS) is 10.8. The van der Waals surface area contributed by atoms with E-state index in [0.29, 0.717) is 0 Å². The summed E-state index contributed by atoms with van der Waals surface area (Å²) in [5, 5.41) is 13.9. The topological polar surface area (TPSA) is 71.8 Å². The van der Waals surface area contributed by atoms with Gasteiger partial charge in [-0.05, 0) is 5.39 Å². The number of oxime groups is 1. The van der Waals surface area contributed by atoms with Crippen LogP contribution in [0.2, 0.25) is 0 Å². The van der Waals surface area contributed by atoms with E-state index in [4.69, 9.17) is 5.11 Å². The van der Waals surface area contributed by atoms with Crippen LogP contribution in [0.25, 0.3) is 10.8 Å². The predicted octanol–water partition coefficient (Wildman–Crippen LogP) is 1.67. The van der Waals surface area contributed by atoms with Crippen LogP contribution < -0.4 is 0 Å². The van der Waals surface area contributed by atoms with Crippen molar-refractivity contribution in [3.05, 3.63) is 42.2 Å². The Bertz CT molecular complexity index is 561. The zero-order valence-corrected chi connectivity index (χ0v) is 8.91. The van der Waals surface area contributed by atoms with Crippen molar-refractivity contribution in [1.29, 1.82) is 0 Å². The van der Waals surface area contributed by atoms with Gasteiger partial charge in [0.25, 0.3) is 0 Å². The van der Waals surface area contributed by atoms with E-state index < -0.39 is 12.6 Å². The molecule has 86 valence electrons. The summed E-state index contributed by atoms with van der Waals surface area (Å²) >= 11 is 0. The van der Waals surface area contributed by atoms with Crippen molar-refractivity contribution in [2.24, 2.45) is 5.16 Å². The quantitative estimate of drug-likeness (QED) is 0.640. The van der Waals surface area contributed by atoms with Gasteiger partial charge < -0.3 is 9.94 Å². The van der Waals surface area contributed by atoms with Gasteiger partial charge in [0.05, 0.1) is 6.21 Å². The third kappa shape index (κ3) is 2.78. The molecule has 1 aromatic carbocycles. The summed E-state index contributed by atoms with van der Waals surface area (Å²) in [5.74, 6) is -1.06. The number of hydrogen-bond donors (Lipinski definition) is 1. The van der Waals surface area contributed by atoms with Crippen LogP contribution in [-0.2, 0) is 9.63 Å². The van der Waals surface area contributed by atoms with Crippen LogP contribution in [0.3, 0.4) is 0 Å². The molecule has 1 aromatic heterocycles. The highest BCUT2D eigenvalue weighted by Crippen LogP contribution is 2.15. The fraction of sp³-hybridized carbons (Fsp3) is 0.0833. The summed E-state index contributed by atoms with van der Waals surface area (Å²) in [4.78, 5) is 18.9. The molecule has 0 bridgehead atoms. The zero-order chi connectivity index (χ0) is 12.1. The van der Waals surface area contributed by atoms with Gasteiger partial charge in [-0.2, -0.15) is 0 Å². The fourth-order valence-corrected chi connectivity index (χ4v) is 1.43. The highest BCUT2D eigenvalue weighted by Gasteiger charge is 1.98. The minimum atomic E-state index is -1.06. The Hall–Kier alpha value is -2.43. The summed E-state index contributed by atoms with van der Waals surface area (Å²) in [6.45, 7) is -0.450. The zero-order valence-electron chi connectivity index (χ0n) is 8.91. The number of fused-ring (bicyclic) bond motifs is 1. The standard InChI is InChI=1S/C12H10N2O3/c15-12(16)8-17-14-7-10-6-13-5-9-3-1-2-4-11(9)10/h1-7H,8H2,(H,15,16)/b14-7+. The van der Waals surface area contributed by atoms with Gasteiger partial charge >= 0.3 is 5.97 Å². The number of aliphatic carboxylic acids is 1. The molecule has 0 radical (unpaired) electrons. The van der Waals surface area contributed by atoms with Crippen molar-refractivity contribution in [2.45, 2.75) is 0 Å². The first kappa shape index (κ1) is 11.1. The number of carboxylic acids is 1. The van der Waals surface area contributed by atoms with E-state index >= 15 is 0 Å². The first-order valence-electron chi connectivity index (χ1n) is 4.97. The maximum absolute atomic E-state index is 10.2. The molecule has 0 saturated carbocycles. The molecule has 2 rings (SSSR count). The predicted molar refractivity (Wildman–Crippen MR) is 62.9 cm³/mol. The van der Waals surface area contributed by atoms with E-state index in [1.165, 1.54) is 6.21 Å². The second kappa shape index (κ2) is 5.07. The molecule has 5 nitrogen and oxygen atoms in total. The monoisotopic (exact) mass is 230 g/mol. The molecule has 5 heteroatoms. The second-order valence-corrected chi connectivity index (χ2v) is 3.35. The van der Waals surface area contributed by atoms with Crippen LogP contribution in [0.15, 0.2) is 41.8 Å². The average Bonchev–Trinajstić information content (AvgIpc) is 2.34. The summed E-state index contributed by atoms with van der Waals surface area (Å²) in [6.07, 6.45) is 4.86. The Balaban J connectivity index is 2.21. The van der Waals surface area contributed by atoms with Crippen LogP contribution in [0.5, 0.6) is 0 Å². The number of carbonyl (C=O) groups is 1. The van der Waals surface area contributed by atoms with Gasteiger partial charge in [-0.3, -0.25) is 4.98 Å². The van der Waals surface area contributed by atoms with E-state index in [1.807, 2.05) is 24.3 Å². The number of aromatic nitrogens is 1. The number of benzene rings is 1. The van der Waals surface area contributed by atoms with Crippen molar-refractivity contribution < 1.29 is 14.7 Å². The highest BCUT2D eigenvalue weighted by molar-refractivity contribution is 5.98. The molecule has 1 heterocycles. The third-order valence-electron chi connectivity index (χ3n) is 2.15. The lowest BCUT2D eigenvalue weighted by molar-refractivity contribution is -0.142. The first-order chi connectivity index (χ1) is 8.27. The van der Waals surface area contributed by atoms with Gasteiger partial charge in [0.1, 0.15) is 0 Å². The number of carboxylic acid groups (broad SMARTS) is 1. The number of nitrogens with zero attached hydrogens (tertiary/aromatic N) is 2. The molecule has 2 aromatic rings. The Morgan fingerprint density at radius 1 is 1.41 bits per heavy atom. The molecule has 0 atom stereocenters. The minimum absolute atomic E-state index is 0.450. The third-order valence-corrected chi connectivity index (χ3v) is 2.15. The van der Waals surface area contributed by atoms with Crippen LogP contribution in [0.1, 0.15) is 5.56 Å². The van der Waals surface area contributed by atoms with Crippen LogP contribution in [0, 0.1) is 0 Å². The largest absolute Gasteiger partial charge is 0.479 e. The molecule has 0 unspecified atom stereocenters. The summed E-state index contributed by atoms with van der Waals surface area (Å²) in [6, 6.07) is 7.72. The Kier molecular flexibility index (Phi) is 3.30. The minimum Gasteiger partial charge on any atom is -0.479 e. The molecular formula is C12H10N2O3. The van der Waals surface area contributed by atoms with Crippen LogP contribution in [-0.4, -0.2) is 28.9 Å². The highest BCUT2D eigenvalue weighted by atomic mass is 16.6. The van der Waals surface area contributed by atoms with Gasteiger partial charge in [-0.1, -0.05) is 29.4 Å². The molecule has 17 heavy (non-hydrogen) atoms. The van der Waals surface area contributed by atoms with Gasteiger partial charge in [0.2, 0.25) is 6.61 Å². The lowest BCUT2D eigenvalue weighted by Crippen LogP contribution is -2.03. The van der Waals surface area contributed by atoms with E-state index in [9.17, 15) is 4.79 Å². The van der Waals surface area contributed by atoms with Crippen LogP contribution in [0.4, 0.5) is 0 Å². The van der Waals surface area contributed by atoms with Crippen molar-refractivity contribution in [2.75, 3.05) is 6.61 Å². The fourth-order valence-electron chi connectivity index (χ4n) is 1.43. The molecule has 0 amide bonds. The van der Waals surface area contributed by atoms with E-state index in [1.54, 1.807) is 12.4 Å². The smallest absolute Gasteiger partial charge is 0.344 e. The summed E-state index contributed by atoms with van der Waals surface area (Å²) in [7, 11) is 0. The van der Waals surface area contributed by atoms with E-state index in [-0.39, 0.29) is 0 Å². The number of rotatable bonds is 4. The molecule has 0 aliphatic rings. The molecule has 0 spiro atoms. The van der Waals surface area contributed by atoms with Crippen LogP contribution >= 0.6 is 0 Å². The van der Waals surface area contributed by atoms with Gasteiger partial charge in [0.15, 0.2) is 0 Å². The molecule has 0 saturated heterocycles. The van der Waals surface area contributed by atoms with Crippen molar-refractivity contribution in [3.63, 3.8) is 0 Å². The van der Waals surface area contributed by atoms with Crippen molar-refractivity contribution in [1.82, 2.24) is 4.98 Å². The maximum Gasteiger partial charge on any atom is 0.344 e. The first-order valence-corrected chi connectivity index (χ1v) is 4.97. The lowest BCUT2D eigenvalue weighted by atomic mass is 10.1. The van der Waals surface area contributed by atoms with Gasteiger partial charge in [-0.15, -0.1) is 0 Å². The lowest BCUT2D eigenvalue weighted by Gasteiger charge is -2.00. The average molecular weight is 230 g/mol. The van der Waals surface area contributed by atoms with Crippen molar-refractivity contribution >= 4 is 23.0 Å². The van der Waals surface area contributed by atoms with E-state index in [0.717, 1.165) is 16.3 Å². The molecule has 1 N–H and O–H groups in total. The number of hydrogen-bond acceptors (Lipinski definition) is 4. The molecule has 0 fully saturated rings. The summed E-state index contributed by atoms with van der Waals surface area (Å²) < 4.78 is 0. The van der Waals surface area contributed by atoms with E-state index in [2.05, 4.69) is 15.0 Å². The molecule has 0 aliphatic heterocycles. The summed E-state index contributed by atoms with van der Waals surface area (Å²) in [5.41, 5.74) is 0.786. The Morgan fingerprint density at radius 3 is 3.06 bits per heavy atom. The maximum atomic E-state index is 10.2. The van der Waals surface area contributed by atoms with Gasteiger partial charge in [-0.25, -0.2) is 4.79 Å². The van der Waals surface area contributed by atoms with Gasteiger partial charge in [0, 0.05) is 23.3 Å². The number of pyridine rings is 1. The molecular weight excluding hydrogens is 220 g/mol.